The maximum Gasteiger partial charge on any atom is 0.325 e. The van der Waals surface area contributed by atoms with Crippen LogP contribution in [0.3, 0.4) is 0 Å². The fraction of sp³-hybridized carbons (Fsp3) is 0.357. The summed E-state index contributed by atoms with van der Waals surface area (Å²) in [7, 11) is 1.47. The van der Waals surface area contributed by atoms with Gasteiger partial charge < -0.3 is 15.2 Å². The van der Waals surface area contributed by atoms with Gasteiger partial charge in [0.05, 0.1) is 7.11 Å². The van der Waals surface area contributed by atoms with E-state index in [2.05, 4.69) is 5.32 Å². The lowest BCUT2D eigenvalue weighted by atomic mass is 9.90. The number of methoxy groups -OCH3 is 1. The Morgan fingerprint density at radius 1 is 1.43 bits per heavy atom. The monoisotopic (exact) mass is 292 g/mol. The largest absolute Gasteiger partial charge is 0.496 e. The highest BCUT2D eigenvalue weighted by Crippen LogP contribution is 2.35. The molecule has 0 saturated carbocycles. The first-order valence-corrected chi connectivity index (χ1v) is 6.30. The lowest BCUT2D eigenvalue weighted by Crippen LogP contribution is -2.41. The highest BCUT2D eigenvalue weighted by atomic mass is 16.5. The molecule has 2 N–H and O–H groups in total. The third-order valence-electron chi connectivity index (χ3n) is 3.46. The molecule has 3 amide bonds. The molecule has 0 bridgehead atoms. The van der Waals surface area contributed by atoms with Crippen molar-refractivity contribution in [3.63, 3.8) is 0 Å². The number of ether oxygens (including phenoxy) is 1. The zero-order valence-electron chi connectivity index (χ0n) is 12.0. The molecule has 0 aromatic heterocycles. The molecule has 0 aliphatic carbocycles. The first kappa shape index (κ1) is 14.8. The zero-order valence-corrected chi connectivity index (χ0v) is 12.0. The number of rotatable bonds is 4. The van der Waals surface area contributed by atoms with Crippen molar-refractivity contribution in [3.05, 3.63) is 29.3 Å². The van der Waals surface area contributed by atoms with E-state index in [0.29, 0.717) is 16.2 Å². The first-order valence-electron chi connectivity index (χ1n) is 6.30. The fourth-order valence-electron chi connectivity index (χ4n) is 2.37. The van der Waals surface area contributed by atoms with Crippen molar-refractivity contribution < 1.29 is 24.2 Å². The second-order valence-corrected chi connectivity index (χ2v) is 5.04. The standard InChI is InChI=1S/C14H16N2O5/c1-8-4-5-10(21-3)9(6-8)14(2)12(19)16(7-11(17)18)13(20)15-14/h4-6H,7H2,1-3H3,(H,15,20)(H,17,18). The predicted octanol–water partition coefficient (Wildman–Crippen LogP) is 0.855. The first-order chi connectivity index (χ1) is 9.79. The number of imide groups is 1. The van der Waals surface area contributed by atoms with Gasteiger partial charge in [0, 0.05) is 5.56 Å². The Hall–Kier alpha value is -2.57. The minimum Gasteiger partial charge on any atom is -0.496 e. The number of aliphatic carboxylic acids is 1. The molecule has 1 aliphatic rings. The van der Waals surface area contributed by atoms with Crippen LogP contribution in [0.5, 0.6) is 5.75 Å². The van der Waals surface area contributed by atoms with Crippen LogP contribution in [0.4, 0.5) is 4.79 Å². The number of carboxylic acid groups (broad SMARTS) is 1. The average Bonchev–Trinajstić information content (AvgIpc) is 2.63. The van der Waals surface area contributed by atoms with Gasteiger partial charge in [-0.2, -0.15) is 0 Å². The lowest BCUT2D eigenvalue weighted by Gasteiger charge is -2.24. The fourth-order valence-corrected chi connectivity index (χ4v) is 2.37. The number of amides is 3. The van der Waals surface area contributed by atoms with E-state index in [1.165, 1.54) is 14.0 Å². The number of carbonyl (C=O) groups excluding carboxylic acids is 2. The topological polar surface area (TPSA) is 95.9 Å². The van der Waals surface area contributed by atoms with Gasteiger partial charge in [0.1, 0.15) is 17.8 Å². The summed E-state index contributed by atoms with van der Waals surface area (Å²) in [5.74, 6) is -1.41. The van der Waals surface area contributed by atoms with Crippen molar-refractivity contribution in [2.45, 2.75) is 19.4 Å². The molecule has 1 aliphatic heterocycles. The minimum atomic E-state index is -1.34. The Balaban J connectivity index is 2.48. The molecule has 1 saturated heterocycles. The average molecular weight is 292 g/mol. The third-order valence-corrected chi connectivity index (χ3v) is 3.46. The molecule has 1 fully saturated rings. The molecule has 1 aromatic carbocycles. The number of nitrogens with one attached hydrogen (secondary N) is 1. The summed E-state index contributed by atoms with van der Waals surface area (Å²) in [4.78, 5) is 35.8. The number of hydrogen-bond donors (Lipinski definition) is 2. The van der Waals surface area contributed by atoms with Gasteiger partial charge in [0.15, 0.2) is 0 Å². The molecule has 112 valence electrons. The highest BCUT2D eigenvalue weighted by Gasteiger charge is 2.50. The van der Waals surface area contributed by atoms with E-state index in [4.69, 9.17) is 9.84 Å². The summed E-state index contributed by atoms with van der Waals surface area (Å²) in [5.41, 5.74) is 0.0474. The lowest BCUT2D eigenvalue weighted by molar-refractivity contribution is -0.142. The van der Waals surface area contributed by atoms with Crippen molar-refractivity contribution in [2.75, 3.05) is 13.7 Å². The molecule has 1 heterocycles. The number of benzene rings is 1. The highest BCUT2D eigenvalue weighted by molar-refractivity contribution is 6.09. The van der Waals surface area contributed by atoms with Crippen LogP contribution in [0.25, 0.3) is 0 Å². The van der Waals surface area contributed by atoms with Crippen LogP contribution in [0, 0.1) is 6.92 Å². The van der Waals surface area contributed by atoms with Gasteiger partial charge in [-0.3, -0.25) is 14.5 Å². The van der Waals surface area contributed by atoms with E-state index in [-0.39, 0.29) is 0 Å². The molecule has 0 spiro atoms. The molecule has 7 nitrogen and oxygen atoms in total. The predicted molar refractivity (Wildman–Crippen MR) is 73.0 cm³/mol. The van der Waals surface area contributed by atoms with Gasteiger partial charge in [0.25, 0.3) is 5.91 Å². The van der Waals surface area contributed by atoms with Gasteiger partial charge in [-0.1, -0.05) is 11.6 Å². The van der Waals surface area contributed by atoms with E-state index >= 15 is 0 Å². The Labute approximate surface area is 121 Å². The molecule has 7 heteroatoms. The van der Waals surface area contributed by atoms with Crippen molar-refractivity contribution in [1.82, 2.24) is 10.2 Å². The minimum absolute atomic E-state index is 0.453. The second-order valence-electron chi connectivity index (χ2n) is 5.04. The van der Waals surface area contributed by atoms with E-state index in [1.54, 1.807) is 12.1 Å². The Kier molecular flexibility index (Phi) is 3.59. The molecule has 1 aromatic rings. The number of aryl methyl sites for hydroxylation is 1. The smallest absolute Gasteiger partial charge is 0.325 e. The summed E-state index contributed by atoms with van der Waals surface area (Å²) in [6, 6.07) is 4.53. The quantitative estimate of drug-likeness (QED) is 0.802. The summed E-state index contributed by atoms with van der Waals surface area (Å²) >= 11 is 0. The maximum atomic E-state index is 12.5. The zero-order chi connectivity index (χ0) is 15.8. The van der Waals surface area contributed by atoms with E-state index in [1.807, 2.05) is 13.0 Å². The van der Waals surface area contributed by atoms with Crippen LogP contribution in [-0.4, -0.2) is 41.6 Å². The van der Waals surface area contributed by atoms with Crippen molar-refractivity contribution in [2.24, 2.45) is 0 Å². The van der Waals surface area contributed by atoms with Crippen molar-refractivity contribution in [1.29, 1.82) is 0 Å². The number of urea groups is 1. The molecular formula is C14H16N2O5. The van der Waals surface area contributed by atoms with E-state index < -0.39 is 30.0 Å². The Bertz CT molecular complexity index is 628. The molecule has 0 radical (unpaired) electrons. The SMILES string of the molecule is COc1ccc(C)cc1C1(C)NC(=O)N(CC(=O)O)C1=O. The summed E-state index contributed by atoms with van der Waals surface area (Å²) in [6.07, 6.45) is 0. The van der Waals surface area contributed by atoms with Crippen molar-refractivity contribution >= 4 is 17.9 Å². The molecule has 21 heavy (non-hydrogen) atoms. The summed E-state index contributed by atoms with van der Waals surface area (Å²) in [5, 5.41) is 11.3. The van der Waals surface area contributed by atoms with E-state index in [9.17, 15) is 14.4 Å². The van der Waals surface area contributed by atoms with Crippen LogP contribution in [0.2, 0.25) is 0 Å². The number of hydrogen-bond acceptors (Lipinski definition) is 4. The van der Waals surface area contributed by atoms with Crippen LogP contribution in [-0.2, 0) is 15.1 Å². The van der Waals surface area contributed by atoms with Gasteiger partial charge in [-0.15, -0.1) is 0 Å². The number of carboxylic acids is 1. The number of carbonyl (C=O) groups is 3. The molecule has 1 unspecified atom stereocenters. The van der Waals surface area contributed by atoms with Gasteiger partial charge in [0.2, 0.25) is 0 Å². The van der Waals surface area contributed by atoms with E-state index in [0.717, 1.165) is 5.56 Å². The van der Waals surface area contributed by atoms with Crippen LogP contribution < -0.4 is 10.1 Å². The summed E-state index contributed by atoms with van der Waals surface area (Å²) < 4.78 is 5.24. The second kappa shape index (κ2) is 5.08. The Morgan fingerprint density at radius 2 is 2.10 bits per heavy atom. The molecule has 2 rings (SSSR count). The van der Waals surface area contributed by atoms with Crippen LogP contribution >= 0.6 is 0 Å². The third kappa shape index (κ3) is 2.42. The molecule has 1 atom stereocenters. The Morgan fingerprint density at radius 3 is 2.67 bits per heavy atom. The van der Waals surface area contributed by atoms with Crippen LogP contribution in [0.1, 0.15) is 18.1 Å². The summed E-state index contributed by atoms with van der Waals surface area (Å²) in [6.45, 7) is 2.71. The number of nitrogens with zero attached hydrogens (tertiary/aromatic N) is 1. The molecular weight excluding hydrogens is 276 g/mol. The van der Waals surface area contributed by atoms with Gasteiger partial charge >= 0.3 is 12.0 Å². The van der Waals surface area contributed by atoms with Gasteiger partial charge in [-0.25, -0.2) is 4.79 Å². The van der Waals surface area contributed by atoms with Crippen molar-refractivity contribution in [3.8, 4) is 5.75 Å². The van der Waals surface area contributed by atoms with Crippen LogP contribution in [0.15, 0.2) is 18.2 Å². The maximum absolute atomic E-state index is 12.5. The van der Waals surface area contributed by atoms with Gasteiger partial charge in [-0.05, 0) is 26.0 Å². The normalized spacial score (nSPS) is 21.4.